The van der Waals surface area contributed by atoms with Crippen molar-refractivity contribution in [2.45, 2.75) is 54.7 Å². The van der Waals surface area contributed by atoms with E-state index < -0.39 is 0 Å². The molecule has 4 rings (SSSR count). The van der Waals surface area contributed by atoms with E-state index in [2.05, 4.69) is 24.7 Å². The van der Waals surface area contributed by atoms with Crippen LogP contribution >= 0.6 is 11.8 Å². The number of H-pyrrole nitrogens is 1. The fourth-order valence-corrected chi connectivity index (χ4v) is 3.25. The Morgan fingerprint density at radius 3 is 2.63 bits per heavy atom. The topological polar surface area (TPSA) is 85.4 Å². The number of anilines is 1. The minimum absolute atomic E-state index is 0.592. The Balaban J connectivity index is 1.69. The van der Waals surface area contributed by atoms with Gasteiger partial charge in [0.15, 0.2) is 5.16 Å². The van der Waals surface area contributed by atoms with Gasteiger partial charge in [0.05, 0.1) is 0 Å². The van der Waals surface area contributed by atoms with Crippen molar-refractivity contribution in [3.63, 3.8) is 0 Å². The molecule has 3 N–H and O–H groups in total. The lowest BCUT2D eigenvalue weighted by Crippen LogP contribution is -2.02. The molecule has 2 fully saturated rings. The molecule has 6 nitrogen and oxygen atoms in total. The summed E-state index contributed by atoms with van der Waals surface area (Å²) in [5.41, 5.74) is 5.91. The molecule has 0 saturated heterocycles. The van der Waals surface area contributed by atoms with E-state index >= 15 is 0 Å². The zero-order chi connectivity index (χ0) is 13.0. The standard InChI is InChI=1S/C12H16N6S/c1-6-14-9(13)11(15-6)19-12-17-16-10(7-2-3-7)18(12)8-4-5-8/h7-8H,2-5,13H2,1H3,(H,14,15). The predicted octanol–water partition coefficient (Wildman–Crippen LogP) is 2.26. The van der Waals surface area contributed by atoms with Crippen LogP contribution in [0.2, 0.25) is 0 Å². The van der Waals surface area contributed by atoms with Crippen LogP contribution in [0.4, 0.5) is 5.82 Å². The second-order valence-electron chi connectivity index (χ2n) is 5.36. The summed E-state index contributed by atoms with van der Waals surface area (Å²) in [6.45, 7) is 1.90. The SMILES string of the molecule is Cc1nc(Sc2nnc(C3CC3)n2C2CC2)c(N)[nH]1. The molecule has 0 aromatic carbocycles. The molecule has 0 radical (unpaired) electrons. The average molecular weight is 276 g/mol. The van der Waals surface area contributed by atoms with Crippen LogP contribution in [-0.4, -0.2) is 24.7 Å². The second-order valence-corrected chi connectivity index (χ2v) is 6.32. The maximum atomic E-state index is 5.91. The Morgan fingerprint density at radius 2 is 2.05 bits per heavy atom. The number of nitrogens with zero attached hydrogens (tertiary/aromatic N) is 4. The summed E-state index contributed by atoms with van der Waals surface area (Å²) in [6, 6.07) is 0.592. The summed E-state index contributed by atoms with van der Waals surface area (Å²) >= 11 is 1.52. The van der Waals surface area contributed by atoms with Crippen LogP contribution in [0, 0.1) is 6.92 Å². The van der Waals surface area contributed by atoms with Crippen LogP contribution < -0.4 is 5.73 Å². The third kappa shape index (κ3) is 2.01. The van der Waals surface area contributed by atoms with E-state index in [-0.39, 0.29) is 0 Å². The van der Waals surface area contributed by atoms with Crippen LogP contribution in [0.15, 0.2) is 10.2 Å². The van der Waals surface area contributed by atoms with Crippen molar-refractivity contribution in [2.24, 2.45) is 0 Å². The van der Waals surface area contributed by atoms with Gasteiger partial charge in [-0.15, -0.1) is 10.2 Å². The summed E-state index contributed by atoms with van der Waals surface area (Å²) < 4.78 is 2.31. The summed E-state index contributed by atoms with van der Waals surface area (Å²) in [4.78, 5) is 7.42. The summed E-state index contributed by atoms with van der Waals surface area (Å²) in [5, 5.41) is 10.5. The summed E-state index contributed by atoms with van der Waals surface area (Å²) in [5.74, 6) is 3.23. The molecule has 7 heteroatoms. The molecule has 2 heterocycles. The number of imidazole rings is 1. The first kappa shape index (κ1) is 11.3. The Kier molecular flexibility index (Phi) is 2.38. The minimum atomic E-state index is 0.592. The van der Waals surface area contributed by atoms with Gasteiger partial charge >= 0.3 is 0 Å². The molecule has 0 bridgehead atoms. The van der Waals surface area contributed by atoms with E-state index in [1.54, 1.807) is 0 Å². The molecule has 2 aliphatic carbocycles. The zero-order valence-electron chi connectivity index (χ0n) is 10.8. The molecule has 19 heavy (non-hydrogen) atoms. The third-order valence-electron chi connectivity index (χ3n) is 3.55. The lowest BCUT2D eigenvalue weighted by molar-refractivity contribution is 0.626. The normalized spacial score (nSPS) is 19.0. The zero-order valence-corrected chi connectivity index (χ0v) is 11.6. The van der Waals surface area contributed by atoms with Gasteiger partial charge in [-0.2, -0.15) is 0 Å². The number of nitrogens with two attached hydrogens (primary N) is 1. The predicted molar refractivity (Wildman–Crippen MR) is 72.1 cm³/mol. The first-order chi connectivity index (χ1) is 9.22. The highest BCUT2D eigenvalue weighted by atomic mass is 32.2. The highest BCUT2D eigenvalue weighted by Gasteiger charge is 2.36. The van der Waals surface area contributed by atoms with E-state index in [0.29, 0.717) is 17.8 Å². The summed E-state index contributed by atoms with van der Waals surface area (Å²) in [7, 11) is 0. The fourth-order valence-electron chi connectivity index (χ4n) is 2.31. The molecule has 0 amide bonds. The number of aromatic nitrogens is 5. The Bertz CT molecular complexity index is 622. The molecule has 100 valence electrons. The highest BCUT2D eigenvalue weighted by molar-refractivity contribution is 7.99. The quantitative estimate of drug-likeness (QED) is 0.894. The third-order valence-corrected chi connectivity index (χ3v) is 4.51. The van der Waals surface area contributed by atoms with Gasteiger partial charge in [0, 0.05) is 12.0 Å². The Morgan fingerprint density at radius 1 is 1.26 bits per heavy atom. The van der Waals surface area contributed by atoms with Gasteiger partial charge in [-0.25, -0.2) is 4.98 Å². The van der Waals surface area contributed by atoms with Gasteiger partial charge in [0.25, 0.3) is 0 Å². The fraction of sp³-hybridized carbons (Fsp3) is 0.583. The minimum Gasteiger partial charge on any atom is -0.383 e. The molecule has 0 atom stereocenters. The molecular weight excluding hydrogens is 260 g/mol. The number of hydrogen-bond acceptors (Lipinski definition) is 5. The van der Waals surface area contributed by atoms with Crippen molar-refractivity contribution in [2.75, 3.05) is 5.73 Å². The van der Waals surface area contributed by atoms with Crippen molar-refractivity contribution in [1.29, 1.82) is 0 Å². The largest absolute Gasteiger partial charge is 0.383 e. The van der Waals surface area contributed by atoms with Gasteiger partial charge in [0.1, 0.15) is 22.5 Å². The lowest BCUT2D eigenvalue weighted by atomic mass is 10.4. The number of nitrogens with one attached hydrogen (secondary N) is 1. The smallest absolute Gasteiger partial charge is 0.197 e. The molecule has 0 unspecified atom stereocenters. The lowest BCUT2D eigenvalue weighted by Gasteiger charge is -2.06. The molecule has 2 saturated carbocycles. The van der Waals surface area contributed by atoms with Gasteiger partial charge in [-0.3, -0.25) is 0 Å². The molecule has 2 aromatic heterocycles. The number of hydrogen-bond donors (Lipinski definition) is 2. The number of rotatable bonds is 4. The maximum Gasteiger partial charge on any atom is 0.197 e. The average Bonchev–Trinajstić information content (AvgIpc) is 3.28. The molecule has 0 spiro atoms. The molecule has 2 aliphatic rings. The van der Waals surface area contributed by atoms with Gasteiger partial charge in [0.2, 0.25) is 0 Å². The molecule has 2 aromatic rings. The van der Waals surface area contributed by atoms with Crippen LogP contribution in [0.25, 0.3) is 0 Å². The van der Waals surface area contributed by atoms with Crippen molar-refractivity contribution in [3.8, 4) is 0 Å². The van der Waals surface area contributed by atoms with Crippen LogP contribution in [0.1, 0.15) is 49.3 Å². The van der Waals surface area contributed by atoms with Crippen molar-refractivity contribution in [1.82, 2.24) is 24.7 Å². The Labute approximate surface area is 115 Å². The van der Waals surface area contributed by atoms with Gasteiger partial charge in [-0.05, 0) is 44.4 Å². The van der Waals surface area contributed by atoms with Gasteiger partial charge < -0.3 is 15.3 Å². The van der Waals surface area contributed by atoms with E-state index in [1.807, 2.05) is 6.92 Å². The van der Waals surface area contributed by atoms with Crippen molar-refractivity contribution < 1.29 is 0 Å². The van der Waals surface area contributed by atoms with Gasteiger partial charge in [-0.1, -0.05) is 0 Å². The van der Waals surface area contributed by atoms with Crippen LogP contribution in [0.3, 0.4) is 0 Å². The van der Waals surface area contributed by atoms with E-state index in [0.717, 1.165) is 21.8 Å². The molecular formula is C12H16N6S. The van der Waals surface area contributed by atoms with Crippen molar-refractivity contribution >= 4 is 17.6 Å². The van der Waals surface area contributed by atoms with E-state index in [1.165, 1.54) is 37.4 Å². The number of nitrogen functional groups attached to an aromatic ring is 1. The van der Waals surface area contributed by atoms with E-state index in [9.17, 15) is 0 Å². The number of aromatic amines is 1. The highest BCUT2D eigenvalue weighted by Crippen LogP contribution is 2.46. The van der Waals surface area contributed by atoms with Crippen LogP contribution in [-0.2, 0) is 0 Å². The maximum absolute atomic E-state index is 5.91. The van der Waals surface area contributed by atoms with E-state index in [4.69, 9.17) is 5.73 Å². The number of aryl methyl sites for hydroxylation is 1. The monoisotopic (exact) mass is 276 g/mol. The van der Waals surface area contributed by atoms with Crippen LogP contribution in [0.5, 0.6) is 0 Å². The Hall–Kier alpha value is -1.50. The van der Waals surface area contributed by atoms with Crippen molar-refractivity contribution in [3.05, 3.63) is 11.6 Å². The molecule has 0 aliphatic heterocycles. The first-order valence-corrected chi connectivity index (χ1v) is 7.48. The second kappa shape index (κ2) is 4.00. The summed E-state index contributed by atoms with van der Waals surface area (Å²) in [6.07, 6.45) is 4.97. The first-order valence-electron chi connectivity index (χ1n) is 6.67.